The molecule has 0 saturated carbocycles. The fourth-order valence-electron chi connectivity index (χ4n) is 3.41. The van der Waals surface area contributed by atoms with Crippen molar-refractivity contribution in [2.24, 2.45) is 0 Å². The standard InChI is InChI=1S/C23H25FN4O3/c1-16(2)22-25-23(31-26-22)17-4-3-5-20(14-17)30-15-21(29)28-12-10-27(11-13-28)19-8-6-18(24)7-9-19/h3-9,14,16H,10-13,15H2,1-2H3. The number of anilines is 1. The van der Waals surface area contributed by atoms with Crippen LogP contribution in [0.1, 0.15) is 25.6 Å². The number of aromatic nitrogens is 2. The minimum absolute atomic E-state index is 0.0406. The second-order valence-electron chi connectivity index (χ2n) is 7.77. The van der Waals surface area contributed by atoms with Gasteiger partial charge >= 0.3 is 0 Å². The molecule has 1 saturated heterocycles. The van der Waals surface area contributed by atoms with Gasteiger partial charge in [0.15, 0.2) is 12.4 Å². The number of rotatable bonds is 6. The van der Waals surface area contributed by atoms with E-state index >= 15 is 0 Å². The van der Waals surface area contributed by atoms with Crippen molar-refractivity contribution in [2.45, 2.75) is 19.8 Å². The molecule has 0 atom stereocenters. The highest BCUT2D eigenvalue weighted by atomic mass is 19.1. The summed E-state index contributed by atoms with van der Waals surface area (Å²) in [6.45, 7) is 6.54. The Kier molecular flexibility index (Phi) is 6.16. The summed E-state index contributed by atoms with van der Waals surface area (Å²) in [7, 11) is 0. The summed E-state index contributed by atoms with van der Waals surface area (Å²) < 4.78 is 24.2. The van der Waals surface area contributed by atoms with Crippen molar-refractivity contribution in [1.29, 1.82) is 0 Å². The van der Waals surface area contributed by atoms with Crippen LogP contribution in [0.5, 0.6) is 5.75 Å². The first-order valence-electron chi connectivity index (χ1n) is 10.3. The van der Waals surface area contributed by atoms with Crippen LogP contribution in [0.3, 0.4) is 0 Å². The maximum atomic E-state index is 13.1. The van der Waals surface area contributed by atoms with E-state index in [1.54, 1.807) is 29.2 Å². The fourth-order valence-corrected chi connectivity index (χ4v) is 3.41. The average Bonchev–Trinajstić information content (AvgIpc) is 3.29. The van der Waals surface area contributed by atoms with E-state index in [2.05, 4.69) is 15.0 Å². The van der Waals surface area contributed by atoms with Gasteiger partial charge in [-0.2, -0.15) is 4.98 Å². The number of ether oxygens (including phenoxy) is 1. The molecule has 0 aliphatic carbocycles. The lowest BCUT2D eigenvalue weighted by Crippen LogP contribution is -2.50. The Morgan fingerprint density at radius 3 is 2.55 bits per heavy atom. The summed E-state index contributed by atoms with van der Waals surface area (Å²) in [4.78, 5) is 20.9. The van der Waals surface area contributed by atoms with E-state index in [9.17, 15) is 9.18 Å². The number of nitrogens with zero attached hydrogens (tertiary/aromatic N) is 4. The zero-order valence-electron chi connectivity index (χ0n) is 17.6. The van der Waals surface area contributed by atoms with Crippen molar-refractivity contribution < 1.29 is 18.4 Å². The van der Waals surface area contributed by atoms with Crippen LogP contribution in [0.2, 0.25) is 0 Å². The molecule has 3 aromatic rings. The first kappa shape index (κ1) is 20.8. The number of hydrogen-bond donors (Lipinski definition) is 0. The van der Waals surface area contributed by atoms with Crippen LogP contribution >= 0.6 is 0 Å². The van der Waals surface area contributed by atoms with Crippen LogP contribution in [0.4, 0.5) is 10.1 Å². The van der Waals surface area contributed by atoms with Gasteiger partial charge in [0.1, 0.15) is 11.6 Å². The quantitative estimate of drug-likeness (QED) is 0.601. The maximum Gasteiger partial charge on any atom is 0.260 e. The van der Waals surface area contributed by atoms with Gasteiger partial charge in [0, 0.05) is 43.3 Å². The lowest BCUT2D eigenvalue weighted by Gasteiger charge is -2.36. The number of amides is 1. The Labute approximate surface area is 180 Å². The summed E-state index contributed by atoms with van der Waals surface area (Å²) in [5, 5.41) is 3.98. The van der Waals surface area contributed by atoms with E-state index in [1.165, 1.54) is 12.1 Å². The summed E-state index contributed by atoms with van der Waals surface area (Å²) in [5.74, 6) is 1.51. The lowest BCUT2D eigenvalue weighted by atomic mass is 10.2. The zero-order valence-corrected chi connectivity index (χ0v) is 17.6. The molecule has 0 N–H and O–H groups in total. The van der Waals surface area contributed by atoms with Gasteiger partial charge in [-0.1, -0.05) is 25.1 Å². The Hall–Kier alpha value is -3.42. The van der Waals surface area contributed by atoms with Crippen molar-refractivity contribution in [1.82, 2.24) is 15.0 Å². The van der Waals surface area contributed by atoms with E-state index < -0.39 is 0 Å². The Morgan fingerprint density at radius 1 is 1.13 bits per heavy atom. The highest BCUT2D eigenvalue weighted by Crippen LogP contribution is 2.24. The molecule has 1 aromatic heterocycles. The predicted octanol–water partition coefficient (Wildman–Crippen LogP) is 3.73. The monoisotopic (exact) mass is 424 g/mol. The molecule has 2 heterocycles. The molecule has 1 aliphatic rings. The van der Waals surface area contributed by atoms with E-state index in [1.807, 2.05) is 26.0 Å². The van der Waals surface area contributed by atoms with Crippen molar-refractivity contribution in [3.8, 4) is 17.2 Å². The summed E-state index contributed by atoms with van der Waals surface area (Å²) >= 11 is 0. The third kappa shape index (κ3) is 5.02. The Morgan fingerprint density at radius 2 is 1.87 bits per heavy atom. The molecule has 2 aromatic carbocycles. The average molecular weight is 424 g/mol. The van der Waals surface area contributed by atoms with E-state index in [0.717, 1.165) is 11.3 Å². The molecule has 4 rings (SSSR count). The number of halogens is 1. The largest absolute Gasteiger partial charge is 0.484 e. The lowest BCUT2D eigenvalue weighted by molar-refractivity contribution is -0.133. The smallest absolute Gasteiger partial charge is 0.260 e. The number of carbonyl (C=O) groups is 1. The first-order chi connectivity index (χ1) is 15.0. The van der Waals surface area contributed by atoms with Crippen LogP contribution in [-0.4, -0.2) is 53.7 Å². The van der Waals surface area contributed by atoms with Gasteiger partial charge in [0.25, 0.3) is 11.8 Å². The molecule has 0 bridgehead atoms. The highest BCUT2D eigenvalue weighted by molar-refractivity contribution is 5.78. The van der Waals surface area contributed by atoms with Gasteiger partial charge in [-0.25, -0.2) is 4.39 Å². The van der Waals surface area contributed by atoms with Gasteiger partial charge in [-0.3, -0.25) is 4.79 Å². The van der Waals surface area contributed by atoms with E-state index in [-0.39, 0.29) is 24.2 Å². The number of piperazine rings is 1. The number of hydrogen-bond acceptors (Lipinski definition) is 6. The molecule has 0 radical (unpaired) electrons. The van der Waals surface area contributed by atoms with Gasteiger partial charge in [-0.15, -0.1) is 0 Å². The van der Waals surface area contributed by atoms with Crippen molar-refractivity contribution in [3.63, 3.8) is 0 Å². The molecule has 1 fully saturated rings. The zero-order chi connectivity index (χ0) is 21.8. The van der Waals surface area contributed by atoms with Crippen LogP contribution in [-0.2, 0) is 4.79 Å². The fraction of sp³-hybridized carbons (Fsp3) is 0.348. The maximum absolute atomic E-state index is 13.1. The van der Waals surface area contributed by atoms with Crippen LogP contribution in [0.25, 0.3) is 11.5 Å². The van der Waals surface area contributed by atoms with Gasteiger partial charge in [0.2, 0.25) is 0 Å². The Bertz CT molecular complexity index is 1030. The summed E-state index contributed by atoms with van der Waals surface area (Å²) in [5.41, 5.74) is 1.71. The van der Waals surface area contributed by atoms with Crippen LogP contribution in [0, 0.1) is 5.82 Å². The van der Waals surface area contributed by atoms with Crippen LogP contribution < -0.4 is 9.64 Å². The molecule has 8 heteroatoms. The number of carbonyl (C=O) groups excluding carboxylic acids is 1. The summed E-state index contributed by atoms with van der Waals surface area (Å²) in [6.07, 6.45) is 0. The second-order valence-corrected chi connectivity index (χ2v) is 7.77. The van der Waals surface area contributed by atoms with Crippen molar-refractivity contribution in [3.05, 3.63) is 60.2 Å². The van der Waals surface area contributed by atoms with Crippen molar-refractivity contribution in [2.75, 3.05) is 37.7 Å². The molecule has 1 amide bonds. The first-order valence-corrected chi connectivity index (χ1v) is 10.3. The van der Waals surface area contributed by atoms with E-state index in [4.69, 9.17) is 9.26 Å². The summed E-state index contributed by atoms with van der Waals surface area (Å²) in [6, 6.07) is 13.7. The molecular formula is C23H25FN4O3. The molecule has 31 heavy (non-hydrogen) atoms. The van der Waals surface area contributed by atoms with Crippen LogP contribution in [0.15, 0.2) is 53.1 Å². The molecular weight excluding hydrogens is 399 g/mol. The third-order valence-electron chi connectivity index (χ3n) is 5.23. The third-order valence-corrected chi connectivity index (χ3v) is 5.23. The second kappa shape index (κ2) is 9.16. The topological polar surface area (TPSA) is 71.7 Å². The van der Waals surface area contributed by atoms with E-state index in [0.29, 0.717) is 43.6 Å². The molecule has 162 valence electrons. The van der Waals surface area contributed by atoms with Gasteiger partial charge in [-0.05, 0) is 42.5 Å². The minimum atomic E-state index is -0.252. The molecule has 1 aliphatic heterocycles. The van der Waals surface area contributed by atoms with Crippen molar-refractivity contribution >= 4 is 11.6 Å². The minimum Gasteiger partial charge on any atom is -0.484 e. The Balaban J connectivity index is 1.30. The normalized spacial score (nSPS) is 14.2. The van der Waals surface area contributed by atoms with Gasteiger partial charge < -0.3 is 19.1 Å². The molecule has 0 unspecified atom stereocenters. The van der Waals surface area contributed by atoms with Gasteiger partial charge in [0.05, 0.1) is 0 Å². The number of benzene rings is 2. The molecule has 7 nitrogen and oxygen atoms in total. The predicted molar refractivity (Wildman–Crippen MR) is 115 cm³/mol. The SMILES string of the molecule is CC(C)c1noc(-c2cccc(OCC(=O)N3CCN(c4ccc(F)cc4)CC3)c2)n1. The highest BCUT2D eigenvalue weighted by Gasteiger charge is 2.22. The molecule has 0 spiro atoms.